The third-order valence-corrected chi connectivity index (χ3v) is 6.73. The van der Waals surface area contributed by atoms with Gasteiger partial charge in [-0.25, -0.2) is 4.98 Å². The van der Waals surface area contributed by atoms with Crippen molar-refractivity contribution >= 4 is 11.6 Å². The molecule has 0 spiro atoms. The molecule has 1 amide bonds. The number of aromatic nitrogens is 2. The Hall–Kier alpha value is -3.72. The zero-order valence-electron chi connectivity index (χ0n) is 20.6. The quantitative estimate of drug-likeness (QED) is 0.382. The van der Waals surface area contributed by atoms with Crippen LogP contribution in [0.15, 0.2) is 36.7 Å². The number of aromatic amines is 1. The largest absolute Gasteiger partial charge is 0.490 e. The molecule has 184 valence electrons. The number of imidazole rings is 1. The van der Waals surface area contributed by atoms with Gasteiger partial charge in [0.15, 0.2) is 5.75 Å². The van der Waals surface area contributed by atoms with Crippen LogP contribution < -0.4 is 4.74 Å². The van der Waals surface area contributed by atoms with Gasteiger partial charge in [0, 0.05) is 44.0 Å². The molecule has 35 heavy (non-hydrogen) atoms. The molecular formula is C26H31N5O4. The van der Waals surface area contributed by atoms with E-state index in [4.69, 9.17) is 4.74 Å². The second-order valence-corrected chi connectivity index (χ2v) is 8.69. The minimum Gasteiger partial charge on any atom is -0.490 e. The van der Waals surface area contributed by atoms with Gasteiger partial charge in [0.1, 0.15) is 0 Å². The summed E-state index contributed by atoms with van der Waals surface area (Å²) in [6.07, 6.45) is 2.43. The Morgan fingerprint density at radius 1 is 1.26 bits per heavy atom. The summed E-state index contributed by atoms with van der Waals surface area (Å²) in [5, 5.41) is 12.2. The first kappa shape index (κ1) is 24.4. The van der Waals surface area contributed by atoms with Crippen LogP contribution in [0.5, 0.6) is 5.75 Å². The zero-order valence-corrected chi connectivity index (χ0v) is 20.6. The number of nitro groups is 1. The highest BCUT2D eigenvalue weighted by molar-refractivity contribution is 5.95. The number of carbonyl (C=O) groups excluding carboxylic acids is 1. The van der Waals surface area contributed by atoms with Gasteiger partial charge in [-0.2, -0.15) is 0 Å². The monoisotopic (exact) mass is 477 g/mol. The Bertz CT molecular complexity index is 1230. The second kappa shape index (κ2) is 10.3. The Labute approximate surface area is 204 Å². The summed E-state index contributed by atoms with van der Waals surface area (Å²) in [7, 11) is 1.46. The summed E-state index contributed by atoms with van der Waals surface area (Å²) < 4.78 is 5.46. The van der Waals surface area contributed by atoms with E-state index >= 15 is 0 Å². The number of amides is 1. The van der Waals surface area contributed by atoms with Crippen molar-refractivity contribution in [2.24, 2.45) is 0 Å². The van der Waals surface area contributed by atoms with Crippen LogP contribution in [0.25, 0.3) is 11.1 Å². The fourth-order valence-corrected chi connectivity index (χ4v) is 4.74. The van der Waals surface area contributed by atoms with Gasteiger partial charge < -0.3 is 14.6 Å². The minimum absolute atomic E-state index is 0.0492. The summed E-state index contributed by atoms with van der Waals surface area (Å²) in [4.78, 5) is 36.1. The maximum absolute atomic E-state index is 12.8. The van der Waals surface area contributed by atoms with E-state index in [-0.39, 0.29) is 22.3 Å². The highest BCUT2D eigenvalue weighted by atomic mass is 16.6. The van der Waals surface area contributed by atoms with Gasteiger partial charge >= 0.3 is 5.69 Å². The molecule has 0 aliphatic carbocycles. The number of hydrogen-bond donors (Lipinski definition) is 1. The fraction of sp³-hybridized carbons (Fsp3) is 0.385. The van der Waals surface area contributed by atoms with Crippen LogP contribution in [0.1, 0.15) is 46.7 Å². The second-order valence-electron chi connectivity index (χ2n) is 8.69. The lowest BCUT2D eigenvalue weighted by molar-refractivity contribution is -0.385. The summed E-state index contributed by atoms with van der Waals surface area (Å²) in [5.41, 5.74) is 5.71. The maximum Gasteiger partial charge on any atom is 0.318 e. The molecular weight excluding hydrogens is 446 g/mol. The Morgan fingerprint density at radius 2 is 1.97 bits per heavy atom. The summed E-state index contributed by atoms with van der Waals surface area (Å²) in [6.45, 7) is 9.15. The number of aryl methyl sites for hydroxylation is 1. The van der Waals surface area contributed by atoms with Crippen molar-refractivity contribution in [3.05, 3.63) is 74.9 Å². The van der Waals surface area contributed by atoms with Crippen molar-refractivity contribution in [3.8, 4) is 16.9 Å². The average molecular weight is 478 g/mol. The van der Waals surface area contributed by atoms with Gasteiger partial charge in [0.05, 0.1) is 29.6 Å². The number of fused-ring (bicyclic) bond motifs is 1. The molecule has 1 aliphatic heterocycles. The smallest absolute Gasteiger partial charge is 0.318 e. The molecule has 0 saturated heterocycles. The number of methoxy groups -OCH3 is 1. The zero-order chi connectivity index (χ0) is 25.1. The van der Waals surface area contributed by atoms with Gasteiger partial charge in [-0.3, -0.25) is 19.8 Å². The van der Waals surface area contributed by atoms with Crippen molar-refractivity contribution in [2.45, 2.75) is 40.3 Å². The molecule has 9 heteroatoms. The number of H-pyrrole nitrogens is 1. The van der Waals surface area contributed by atoms with E-state index in [9.17, 15) is 14.9 Å². The lowest BCUT2D eigenvalue weighted by Gasteiger charge is -2.30. The van der Waals surface area contributed by atoms with E-state index in [0.717, 1.165) is 35.5 Å². The first-order valence-electron chi connectivity index (χ1n) is 11.9. The number of ether oxygens (including phenoxy) is 1. The number of nitrogens with one attached hydrogen (secondary N) is 1. The Balaban J connectivity index is 1.77. The number of nitro benzene ring substituents is 1. The van der Waals surface area contributed by atoms with E-state index in [1.807, 2.05) is 20.8 Å². The molecule has 4 rings (SSSR count). The molecule has 3 aromatic rings. The highest BCUT2D eigenvalue weighted by Crippen LogP contribution is 2.44. The maximum atomic E-state index is 12.8. The van der Waals surface area contributed by atoms with E-state index in [1.165, 1.54) is 7.11 Å². The van der Waals surface area contributed by atoms with Crippen LogP contribution in [0.3, 0.4) is 0 Å². The van der Waals surface area contributed by atoms with Crippen LogP contribution in [0.4, 0.5) is 5.69 Å². The van der Waals surface area contributed by atoms with Crippen LogP contribution >= 0.6 is 0 Å². The standard InChI is InChI=1S/C26H31N5O4/c1-5-30(6-2)26(32)19-9-7-18(8-10-19)24-21-14-29(15-22-17(3)27-16-28-22)12-11-20(21)13-23(35-4)25(24)31(33)34/h7-10,13,16H,5-6,11-12,14-15H2,1-4H3,(H,27,28). The number of hydrogen-bond acceptors (Lipinski definition) is 6. The van der Waals surface area contributed by atoms with Crippen LogP contribution in [-0.2, 0) is 19.5 Å². The number of carbonyl (C=O) groups is 1. The molecule has 2 heterocycles. The Morgan fingerprint density at radius 3 is 2.54 bits per heavy atom. The summed E-state index contributed by atoms with van der Waals surface area (Å²) in [6, 6.07) is 8.90. The average Bonchev–Trinajstić information content (AvgIpc) is 3.27. The van der Waals surface area contributed by atoms with Crippen molar-refractivity contribution in [3.63, 3.8) is 0 Å². The van der Waals surface area contributed by atoms with E-state index in [2.05, 4.69) is 14.9 Å². The molecule has 2 aromatic carbocycles. The van der Waals surface area contributed by atoms with E-state index < -0.39 is 0 Å². The highest BCUT2D eigenvalue weighted by Gasteiger charge is 2.31. The first-order chi connectivity index (χ1) is 16.9. The van der Waals surface area contributed by atoms with Crippen molar-refractivity contribution < 1.29 is 14.5 Å². The lowest BCUT2D eigenvalue weighted by atomic mass is 9.88. The van der Waals surface area contributed by atoms with Crippen molar-refractivity contribution in [2.75, 3.05) is 26.7 Å². The predicted octanol–water partition coefficient (Wildman–Crippen LogP) is 4.34. The SMILES string of the molecule is CCN(CC)C(=O)c1ccc(-c2c3c(cc(OC)c2[N+](=O)[O-])CCN(Cc2nc[nH]c2C)C3)cc1. The third-order valence-electron chi connectivity index (χ3n) is 6.73. The van der Waals surface area contributed by atoms with Crippen molar-refractivity contribution in [1.82, 2.24) is 19.8 Å². The summed E-state index contributed by atoms with van der Waals surface area (Å²) in [5.74, 6) is 0.202. The van der Waals surface area contributed by atoms with Crippen LogP contribution in [0, 0.1) is 17.0 Å². The van der Waals surface area contributed by atoms with Crippen molar-refractivity contribution in [1.29, 1.82) is 0 Å². The molecule has 1 N–H and O–H groups in total. The first-order valence-corrected chi connectivity index (χ1v) is 11.9. The van der Waals surface area contributed by atoms with Gasteiger partial charge in [-0.1, -0.05) is 12.1 Å². The van der Waals surface area contributed by atoms with Gasteiger partial charge in [-0.05, 0) is 62.1 Å². The third kappa shape index (κ3) is 4.77. The van der Waals surface area contributed by atoms with Crippen LogP contribution in [0.2, 0.25) is 0 Å². The molecule has 0 atom stereocenters. The predicted molar refractivity (Wildman–Crippen MR) is 133 cm³/mol. The topological polar surface area (TPSA) is 105 Å². The molecule has 0 saturated carbocycles. The number of rotatable bonds is 8. The minimum atomic E-state index is -0.375. The van der Waals surface area contributed by atoms with Gasteiger partial charge in [0.2, 0.25) is 0 Å². The summed E-state index contributed by atoms with van der Waals surface area (Å²) >= 11 is 0. The van der Waals surface area contributed by atoms with Gasteiger partial charge in [0.25, 0.3) is 5.91 Å². The number of nitrogens with zero attached hydrogens (tertiary/aromatic N) is 4. The van der Waals surface area contributed by atoms with E-state index in [0.29, 0.717) is 42.9 Å². The molecule has 0 bridgehead atoms. The van der Waals surface area contributed by atoms with Crippen LogP contribution in [-0.4, -0.2) is 57.3 Å². The molecule has 0 fully saturated rings. The normalized spacial score (nSPS) is 13.4. The molecule has 1 aliphatic rings. The van der Waals surface area contributed by atoms with E-state index in [1.54, 1.807) is 41.6 Å². The molecule has 0 radical (unpaired) electrons. The Kier molecular flexibility index (Phi) is 7.16. The molecule has 0 unspecified atom stereocenters. The molecule has 9 nitrogen and oxygen atoms in total. The number of benzene rings is 2. The molecule has 1 aromatic heterocycles. The van der Waals surface area contributed by atoms with Gasteiger partial charge in [-0.15, -0.1) is 0 Å². The lowest BCUT2D eigenvalue weighted by Crippen LogP contribution is -2.31. The fourth-order valence-electron chi connectivity index (χ4n) is 4.74.